The summed E-state index contributed by atoms with van der Waals surface area (Å²) in [5.74, 6) is 1.70. The summed E-state index contributed by atoms with van der Waals surface area (Å²) in [7, 11) is 1.63. The van der Waals surface area contributed by atoms with Crippen LogP contribution in [0.3, 0.4) is 0 Å². The Morgan fingerprint density at radius 3 is 2.44 bits per heavy atom. The summed E-state index contributed by atoms with van der Waals surface area (Å²) in [5.41, 5.74) is 0.813. The van der Waals surface area contributed by atoms with Crippen LogP contribution in [0.2, 0.25) is 0 Å². The Hall–Kier alpha value is -1.31. The van der Waals surface area contributed by atoms with Gasteiger partial charge in [-0.15, -0.1) is 0 Å². The molecule has 1 aliphatic carbocycles. The van der Waals surface area contributed by atoms with Gasteiger partial charge >= 0.3 is 0 Å². The van der Waals surface area contributed by atoms with Crippen LogP contribution in [-0.4, -0.2) is 12.9 Å². The van der Waals surface area contributed by atoms with E-state index >= 15 is 0 Å². The standard InChI is InChI=1S/C14H18O2/c1-16-13-8-6-12(7-9-13)14(15)10-11-4-2-3-5-11/h6-9,11H,2-5,10H2,1H3. The molecule has 86 valence electrons. The van der Waals surface area contributed by atoms with Gasteiger partial charge in [0.05, 0.1) is 7.11 Å². The predicted molar refractivity (Wildman–Crippen MR) is 63.9 cm³/mol. The highest BCUT2D eigenvalue weighted by Crippen LogP contribution is 2.28. The molecule has 0 atom stereocenters. The average Bonchev–Trinajstić information content (AvgIpc) is 2.82. The number of carbonyl (C=O) groups excluding carboxylic acids is 1. The number of carbonyl (C=O) groups is 1. The number of hydrogen-bond donors (Lipinski definition) is 0. The summed E-state index contributed by atoms with van der Waals surface area (Å²) in [6.07, 6.45) is 5.75. The summed E-state index contributed by atoms with van der Waals surface area (Å²) >= 11 is 0. The highest BCUT2D eigenvalue weighted by Gasteiger charge is 2.19. The highest BCUT2D eigenvalue weighted by molar-refractivity contribution is 5.96. The van der Waals surface area contributed by atoms with E-state index in [9.17, 15) is 4.79 Å². The van der Waals surface area contributed by atoms with Gasteiger partial charge in [-0.25, -0.2) is 0 Å². The van der Waals surface area contributed by atoms with Gasteiger partial charge in [0.2, 0.25) is 0 Å². The van der Waals surface area contributed by atoms with E-state index in [0.29, 0.717) is 12.3 Å². The second-order valence-electron chi connectivity index (χ2n) is 4.51. The molecule has 0 spiro atoms. The lowest BCUT2D eigenvalue weighted by atomic mass is 9.97. The molecule has 2 heteroatoms. The molecule has 1 aromatic rings. The molecule has 0 radical (unpaired) electrons. The summed E-state index contributed by atoms with van der Waals surface area (Å²) < 4.78 is 5.07. The van der Waals surface area contributed by atoms with E-state index in [1.54, 1.807) is 7.11 Å². The molecule has 1 saturated carbocycles. The minimum Gasteiger partial charge on any atom is -0.497 e. The van der Waals surface area contributed by atoms with Crippen molar-refractivity contribution in [2.75, 3.05) is 7.11 Å². The average molecular weight is 218 g/mol. The second-order valence-corrected chi connectivity index (χ2v) is 4.51. The number of benzene rings is 1. The summed E-state index contributed by atoms with van der Waals surface area (Å²) in [6.45, 7) is 0. The predicted octanol–water partition coefficient (Wildman–Crippen LogP) is 3.46. The van der Waals surface area contributed by atoms with E-state index in [-0.39, 0.29) is 5.78 Å². The molecule has 1 aromatic carbocycles. The van der Waals surface area contributed by atoms with Crippen LogP contribution in [0.1, 0.15) is 42.5 Å². The number of ether oxygens (including phenoxy) is 1. The van der Waals surface area contributed by atoms with Crippen molar-refractivity contribution in [3.8, 4) is 5.75 Å². The second kappa shape index (κ2) is 5.15. The monoisotopic (exact) mass is 218 g/mol. The molecule has 1 aliphatic rings. The fraction of sp³-hybridized carbons (Fsp3) is 0.500. The lowest BCUT2D eigenvalue weighted by molar-refractivity contribution is 0.0962. The number of methoxy groups -OCH3 is 1. The Morgan fingerprint density at radius 1 is 1.25 bits per heavy atom. The van der Waals surface area contributed by atoms with Crippen LogP contribution in [0, 0.1) is 5.92 Å². The van der Waals surface area contributed by atoms with E-state index in [0.717, 1.165) is 11.3 Å². The number of rotatable bonds is 4. The first kappa shape index (κ1) is 11.2. The van der Waals surface area contributed by atoms with Gasteiger partial charge in [0.15, 0.2) is 5.78 Å². The van der Waals surface area contributed by atoms with Gasteiger partial charge in [-0.05, 0) is 30.2 Å². The van der Waals surface area contributed by atoms with Crippen molar-refractivity contribution in [1.29, 1.82) is 0 Å². The number of hydrogen-bond acceptors (Lipinski definition) is 2. The molecular weight excluding hydrogens is 200 g/mol. The minimum atomic E-state index is 0.273. The molecule has 0 heterocycles. The zero-order chi connectivity index (χ0) is 11.4. The van der Waals surface area contributed by atoms with E-state index in [1.165, 1.54) is 25.7 Å². The third-order valence-corrected chi connectivity index (χ3v) is 3.36. The molecule has 1 fully saturated rings. The van der Waals surface area contributed by atoms with E-state index < -0.39 is 0 Å². The Bertz CT molecular complexity index is 348. The Morgan fingerprint density at radius 2 is 1.88 bits per heavy atom. The first-order valence-corrected chi connectivity index (χ1v) is 5.97. The fourth-order valence-electron chi connectivity index (χ4n) is 2.37. The molecule has 0 saturated heterocycles. The fourth-order valence-corrected chi connectivity index (χ4v) is 2.37. The van der Waals surface area contributed by atoms with Crippen LogP contribution in [0.15, 0.2) is 24.3 Å². The molecule has 16 heavy (non-hydrogen) atoms. The van der Waals surface area contributed by atoms with E-state index in [1.807, 2.05) is 24.3 Å². The maximum Gasteiger partial charge on any atom is 0.163 e. The van der Waals surface area contributed by atoms with Crippen molar-refractivity contribution in [2.45, 2.75) is 32.1 Å². The van der Waals surface area contributed by atoms with E-state index in [2.05, 4.69) is 0 Å². The van der Waals surface area contributed by atoms with Crippen LogP contribution in [-0.2, 0) is 0 Å². The lowest BCUT2D eigenvalue weighted by Crippen LogP contribution is -2.05. The summed E-state index contributed by atoms with van der Waals surface area (Å²) in [5, 5.41) is 0. The first-order valence-electron chi connectivity index (χ1n) is 5.97. The third-order valence-electron chi connectivity index (χ3n) is 3.36. The van der Waals surface area contributed by atoms with Crippen LogP contribution in [0.4, 0.5) is 0 Å². The van der Waals surface area contributed by atoms with Crippen LogP contribution in [0.5, 0.6) is 5.75 Å². The van der Waals surface area contributed by atoms with Crippen molar-refractivity contribution in [1.82, 2.24) is 0 Å². The maximum atomic E-state index is 12.0. The SMILES string of the molecule is COc1ccc(C(=O)CC2CCCC2)cc1. The lowest BCUT2D eigenvalue weighted by Gasteiger charge is -2.08. The van der Waals surface area contributed by atoms with Crippen LogP contribution >= 0.6 is 0 Å². The quantitative estimate of drug-likeness (QED) is 0.723. The zero-order valence-electron chi connectivity index (χ0n) is 9.74. The normalized spacial score (nSPS) is 16.3. The highest BCUT2D eigenvalue weighted by atomic mass is 16.5. The third kappa shape index (κ3) is 2.63. The maximum absolute atomic E-state index is 12.0. The molecule has 0 bridgehead atoms. The van der Waals surface area contributed by atoms with Gasteiger partial charge in [0, 0.05) is 12.0 Å². The van der Waals surface area contributed by atoms with Crippen molar-refractivity contribution in [3.63, 3.8) is 0 Å². The smallest absolute Gasteiger partial charge is 0.163 e. The van der Waals surface area contributed by atoms with Crippen LogP contribution < -0.4 is 4.74 Å². The van der Waals surface area contributed by atoms with Crippen molar-refractivity contribution in [2.24, 2.45) is 5.92 Å². The summed E-state index contributed by atoms with van der Waals surface area (Å²) in [4.78, 5) is 12.0. The number of Topliss-reactive ketones (excluding diaryl/α,β-unsaturated/α-hetero) is 1. The van der Waals surface area contributed by atoms with Crippen molar-refractivity contribution < 1.29 is 9.53 Å². The van der Waals surface area contributed by atoms with Gasteiger partial charge < -0.3 is 4.74 Å². The molecular formula is C14H18O2. The topological polar surface area (TPSA) is 26.3 Å². The van der Waals surface area contributed by atoms with Gasteiger partial charge in [-0.1, -0.05) is 25.7 Å². The first-order chi connectivity index (χ1) is 7.79. The molecule has 0 amide bonds. The van der Waals surface area contributed by atoms with Gasteiger partial charge in [-0.3, -0.25) is 4.79 Å². The molecule has 2 nitrogen and oxygen atoms in total. The van der Waals surface area contributed by atoms with Crippen molar-refractivity contribution in [3.05, 3.63) is 29.8 Å². The van der Waals surface area contributed by atoms with Gasteiger partial charge in [0.1, 0.15) is 5.75 Å². The molecule has 0 N–H and O–H groups in total. The Labute approximate surface area is 96.6 Å². The zero-order valence-corrected chi connectivity index (χ0v) is 9.74. The number of ketones is 1. The van der Waals surface area contributed by atoms with Crippen molar-refractivity contribution >= 4 is 5.78 Å². The minimum absolute atomic E-state index is 0.273. The molecule has 0 aromatic heterocycles. The molecule has 2 rings (SSSR count). The molecule has 0 aliphatic heterocycles. The Kier molecular flexibility index (Phi) is 3.60. The van der Waals surface area contributed by atoms with E-state index in [4.69, 9.17) is 4.74 Å². The largest absolute Gasteiger partial charge is 0.497 e. The Balaban J connectivity index is 1.97. The van der Waals surface area contributed by atoms with Gasteiger partial charge in [-0.2, -0.15) is 0 Å². The summed E-state index contributed by atoms with van der Waals surface area (Å²) in [6, 6.07) is 7.41. The van der Waals surface area contributed by atoms with Gasteiger partial charge in [0.25, 0.3) is 0 Å². The molecule has 0 unspecified atom stereocenters. The van der Waals surface area contributed by atoms with Crippen LogP contribution in [0.25, 0.3) is 0 Å².